The normalized spacial score (nSPS) is 22.4. The molecule has 1 aromatic carbocycles. The molecule has 1 amide bonds. The fourth-order valence-electron chi connectivity index (χ4n) is 4.03. The monoisotopic (exact) mass is 362 g/mol. The van der Waals surface area contributed by atoms with E-state index in [1.54, 1.807) is 0 Å². The summed E-state index contributed by atoms with van der Waals surface area (Å²) in [7, 11) is 0. The highest BCUT2D eigenvalue weighted by Gasteiger charge is 2.32. The molecule has 0 bridgehead atoms. The van der Waals surface area contributed by atoms with Gasteiger partial charge < -0.3 is 15.1 Å². The average Bonchev–Trinajstić information content (AvgIpc) is 3.20. The summed E-state index contributed by atoms with van der Waals surface area (Å²) in [5, 5.41) is 3.37. The number of piperazine rings is 1. The molecule has 0 aromatic heterocycles. The third-order valence-electron chi connectivity index (χ3n) is 5.63. The van der Waals surface area contributed by atoms with Crippen LogP contribution in [0.3, 0.4) is 0 Å². The van der Waals surface area contributed by atoms with Gasteiger partial charge in [0.1, 0.15) is 5.82 Å². The third kappa shape index (κ3) is 4.35. The van der Waals surface area contributed by atoms with Crippen LogP contribution < -0.4 is 10.2 Å². The van der Waals surface area contributed by atoms with Crippen molar-refractivity contribution in [1.82, 2.24) is 15.1 Å². The molecule has 3 rings (SSSR count). The Hall–Kier alpha value is -1.66. The van der Waals surface area contributed by atoms with Crippen LogP contribution >= 0.6 is 0 Å². The fraction of sp³-hybridized carbons (Fsp3) is 0.650. The van der Waals surface area contributed by atoms with Gasteiger partial charge in [0, 0.05) is 51.0 Å². The van der Waals surface area contributed by atoms with Gasteiger partial charge in [-0.1, -0.05) is 6.92 Å². The van der Waals surface area contributed by atoms with E-state index in [2.05, 4.69) is 26.9 Å². The van der Waals surface area contributed by atoms with Gasteiger partial charge in [-0.15, -0.1) is 0 Å². The van der Waals surface area contributed by atoms with E-state index in [1.165, 1.54) is 12.1 Å². The summed E-state index contributed by atoms with van der Waals surface area (Å²) in [6.45, 7) is 10.4. The molecule has 2 fully saturated rings. The number of amides is 1. The number of hydrogen-bond acceptors (Lipinski definition) is 4. The van der Waals surface area contributed by atoms with Crippen molar-refractivity contribution in [3.05, 3.63) is 30.1 Å². The largest absolute Gasteiger partial charge is 0.369 e. The van der Waals surface area contributed by atoms with Crippen LogP contribution in [0.15, 0.2) is 24.3 Å². The molecule has 1 N–H and O–H groups in total. The minimum atomic E-state index is -0.205. The molecule has 2 saturated heterocycles. The third-order valence-corrected chi connectivity index (χ3v) is 5.63. The van der Waals surface area contributed by atoms with E-state index < -0.39 is 0 Å². The number of benzene rings is 1. The lowest BCUT2D eigenvalue weighted by atomic mass is 10.1. The summed E-state index contributed by atoms with van der Waals surface area (Å²) in [6, 6.07) is 6.92. The van der Waals surface area contributed by atoms with E-state index in [1.807, 2.05) is 19.1 Å². The van der Waals surface area contributed by atoms with Crippen LogP contribution in [0.4, 0.5) is 10.1 Å². The second-order valence-corrected chi connectivity index (χ2v) is 7.35. The van der Waals surface area contributed by atoms with Gasteiger partial charge in [0.25, 0.3) is 0 Å². The van der Waals surface area contributed by atoms with Crippen molar-refractivity contribution in [1.29, 1.82) is 0 Å². The standard InChI is InChI=1S/C20H31FN4O/c1-3-10-25(19-8-9-22-15-19)20(26)16(2)23-11-13-24(14-12-23)18-6-4-17(21)5-7-18/h4-7,16,19,22H,3,8-15H2,1-2H3. The summed E-state index contributed by atoms with van der Waals surface area (Å²) in [5.74, 6) is 0.0554. The first kappa shape index (κ1) is 19.1. The molecule has 0 aliphatic carbocycles. The Bertz CT molecular complexity index is 580. The minimum absolute atomic E-state index is 0.0856. The van der Waals surface area contributed by atoms with Crippen LogP contribution in [0, 0.1) is 5.82 Å². The highest BCUT2D eigenvalue weighted by molar-refractivity contribution is 5.82. The van der Waals surface area contributed by atoms with Gasteiger partial charge in [0.05, 0.1) is 6.04 Å². The van der Waals surface area contributed by atoms with Gasteiger partial charge >= 0.3 is 0 Å². The van der Waals surface area contributed by atoms with Crippen molar-refractivity contribution in [3.8, 4) is 0 Å². The summed E-state index contributed by atoms with van der Waals surface area (Å²) in [5.41, 5.74) is 1.05. The van der Waals surface area contributed by atoms with Crippen molar-refractivity contribution in [2.24, 2.45) is 0 Å². The van der Waals surface area contributed by atoms with Crippen LogP contribution in [-0.4, -0.2) is 73.6 Å². The molecule has 2 aliphatic rings. The quantitative estimate of drug-likeness (QED) is 0.839. The molecule has 0 spiro atoms. The highest BCUT2D eigenvalue weighted by atomic mass is 19.1. The van der Waals surface area contributed by atoms with Crippen molar-refractivity contribution >= 4 is 11.6 Å². The zero-order chi connectivity index (χ0) is 18.5. The van der Waals surface area contributed by atoms with Crippen LogP contribution in [-0.2, 0) is 4.79 Å². The minimum Gasteiger partial charge on any atom is -0.369 e. The molecular weight excluding hydrogens is 331 g/mol. The van der Waals surface area contributed by atoms with Gasteiger partial charge in [0.15, 0.2) is 0 Å². The number of halogens is 1. The van der Waals surface area contributed by atoms with Gasteiger partial charge in [-0.2, -0.15) is 0 Å². The summed E-state index contributed by atoms with van der Waals surface area (Å²) < 4.78 is 13.1. The van der Waals surface area contributed by atoms with Gasteiger partial charge in [-0.05, 0) is 50.6 Å². The van der Waals surface area contributed by atoms with Crippen molar-refractivity contribution in [2.75, 3.05) is 50.7 Å². The summed E-state index contributed by atoms with van der Waals surface area (Å²) >= 11 is 0. The molecule has 144 valence electrons. The Morgan fingerprint density at radius 3 is 2.54 bits per heavy atom. The van der Waals surface area contributed by atoms with Gasteiger partial charge in [-0.3, -0.25) is 9.69 Å². The second-order valence-electron chi connectivity index (χ2n) is 7.35. The van der Waals surface area contributed by atoms with E-state index in [4.69, 9.17) is 0 Å². The molecule has 26 heavy (non-hydrogen) atoms. The van der Waals surface area contributed by atoms with E-state index in [0.29, 0.717) is 6.04 Å². The van der Waals surface area contributed by atoms with Crippen LogP contribution in [0.2, 0.25) is 0 Å². The van der Waals surface area contributed by atoms with Gasteiger partial charge in [0.2, 0.25) is 5.91 Å². The molecule has 0 radical (unpaired) electrons. The Morgan fingerprint density at radius 2 is 1.96 bits per heavy atom. The predicted molar refractivity (Wildman–Crippen MR) is 103 cm³/mol. The lowest BCUT2D eigenvalue weighted by Gasteiger charge is -2.40. The molecule has 2 aliphatic heterocycles. The maximum absolute atomic E-state index is 13.1. The summed E-state index contributed by atoms with van der Waals surface area (Å²) in [4.78, 5) is 19.8. The molecule has 5 nitrogen and oxygen atoms in total. The van der Waals surface area contributed by atoms with E-state index in [-0.39, 0.29) is 17.8 Å². The molecule has 1 aromatic rings. The molecule has 6 heteroatoms. The van der Waals surface area contributed by atoms with Crippen molar-refractivity contribution < 1.29 is 9.18 Å². The number of nitrogens with zero attached hydrogens (tertiary/aromatic N) is 3. The molecule has 2 unspecified atom stereocenters. The Balaban J connectivity index is 1.57. The lowest BCUT2D eigenvalue weighted by molar-refractivity contribution is -0.138. The van der Waals surface area contributed by atoms with Crippen molar-refractivity contribution in [2.45, 2.75) is 38.8 Å². The topological polar surface area (TPSA) is 38.8 Å². The first-order valence-electron chi connectivity index (χ1n) is 9.86. The van der Waals surface area contributed by atoms with Crippen LogP contribution in [0.25, 0.3) is 0 Å². The number of rotatable bonds is 6. The number of carbonyl (C=O) groups excluding carboxylic acids is 1. The van der Waals surface area contributed by atoms with E-state index in [0.717, 1.165) is 64.3 Å². The number of hydrogen-bond donors (Lipinski definition) is 1. The number of carbonyl (C=O) groups is 1. The predicted octanol–water partition coefficient (Wildman–Crippen LogP) is 1.94. The zero-order valence-corrected chi connectivity index (χ0v) is 16.0. The number of nitrogens with one attached hydrogen (secondary N) is 1. The van der Waals surface area contributed by atoms with E-state index >= 15 is 0 Å². The average molecular weight is 362 g/mol. The smallest absolute Gasteiger partial charge is 0.239 e. The summed E-state index contributed by atoms with van der Waals surface area (Å²) in [6.07, 6.45) is 2.05. The fourth-order valence-corrected chi connectivity index (χ4v) is 4.03. The molecule has 0 saturated carbocycles. The Labute approximate surface area is 156 Å². The van der Waals surface area contributed by atoms with Crippen LogP contribution in [0.5, 0.6) is 0 Å². The second kappa shape index (κ2) is 8.82. The maximum Gasteiger partial charge on any atom is 0.239 e. The zero-order valence-electron chi connectivity index (χ0n) is 16.0. The maximum atomic E-state index is 13.1. The van der Waals surface area contributed by atoms with E-state index in [9.17, 15) is 9.18 Å². The Kier molecular flexibility index (Phi) is 6.48. The first-order valence-corrected chi connectivity index (χ1v) is 9.86. The highest BCUT2D eigenvalue weighted by Crippen LogP contribution is 2.19. The molecule has 2 atom stereocenters. The van der Waals surface area contributed by atoms with Gasteiger partial charge in [-0.25, -0.2) is 4.39 Å². The SMILES string of the molecule is CCCN(C(=O)C(C)N1CCN(c2ccc(F)cc2)CC1)C1CCNC1. The first-order chi connectivity index (χ1) is 12.6. The number of anilines is 1. The van der Waals surface area contributed by atoms with Crippen molar-refractivity contribution in [3.63, 3.8) is 0 Å². The Morgan fingerprint density at radius 1 is 1.27 bits per heavy atom. The molecule has 2 heterocycles. The van der Waals surface area contributed by atoms with Crippen LogP contribution in [0.1, 0.15) is 26.7 Å². The lowest BCUT2D eigenvalue weighted by Crippen LogP contribution is -2.56. The molecular formula is C20H31FN4O.